The number of guanidine groups is 1. The lowest BCUT2D eigenvalue weighted by Crippen LogP contribution is -2.69. The number of ketones is 1. The summed E-state index contributed by atoms with van der Waals surface area (Å²) in [4.78, 5) is 31.7. The standard InChI is InChI=1S/C28H41N3.C16H14O3/c1-17(2)22-13-11-14-23(18(3)4)26(22)30-28(29-21(9)10)31-27-24(19(5)6)15-12-16-25(27)20(7)8;1-11(16(18)19)13-8-5-9-14(10-13)15(17)12-6-3-2-4-7-12/h11-20H,1-10H3,(H,30,31);2-11H,1H3,(H,18,19). The second kappa shape index (κ2) is 18.2. The lowest BCUT2D eigenvalue weighted by molar-refractivity contribution is -0.356. The molecule has 0 aliphatic heterocycles. The highest BCUT2D eigenvalue weighted by Crippen LogP contribution is 2.33. The molecule has 0 bridgehead atoms. The summed E-state index contributed by atoms with van der Waals surface area (Å²) < 4.78 is 0. The number of para-hydroxylation sites is 2. The number of carbonyl (C=O) groups excluding carboxylic acids is 2. The predicted octanol–water partition coefficient (Wildman–Crippen LogP) is 8.61. The normalized spacial score (nSPS) is 12.1. The van der Waals surface area contributed by atoms with Crippen molar-refractivity contribution in [2.45, 2.75) is 106 Å². The van der Waals surface area contributed by atoms with Gasteiger partial charge in [-0.3, -0.25) is 4.79 Å². The Morgan fingerprint density at radius 3 is 1.54 bits per heavy atom. The van der Waals surface area contributed by atoms with Gasteiger partial charge in [-0.1, -0.05) is 152 Å². The summed E-state index contributed by atoms with van der Waals surface area (Å²) in [7, 11) is 0. The number of nitrogens with one attached hydrogen (secondary N) is 2. The molecule has 0 aliphatic carbocycles. The fourth-order valence-corrected chi connectivity index (χ4v) is 5.78. The summed E-state index contributed by atoms with van der Waals surface area (Å²) in [5.74, 6) is 0.462. The topological polar surface area (TPSA) is 95.6 Å². The van der Waals surface area contributed by atoms with Crippen LogP contribution in [0, 0.1) is 0 Å². The zero-order chi connectivity index (χ0) is 37.1. The van der Waals surface area contributed by atoms with Gasteiger partial charge in [0.25, 0.3) is 0 Å². The molecule has 0 fully saturated rings. The summed E-state index contributed by atoms with van der Waals surface area (Å²) in [6.07, 6.45) is 0. The molecule has 0 saturated heterocycles. The monoisotopic (exact) mass is 673 g/mol. The molecule has 50 heavy (non-hydrogen) atoms. The third-order valence-corrected chi connectivity index (χ3v) is 8.61. The fraction of sp³-hybridized carbons (Fsp3) is 0.364. The predicted molar refractivity (Wildman–Crippen MR) is 207 cm³/mol. The molecule has 2 N–H and O–H groups in total. The van der Waals surface area contributed by atoms with E-state index in [-0.39, 0.29) is 5.78 Å². The summed E-state index contributed by atoms with van der Waals surface area (Å²) in [6, 6.07) is 28.8. The zero-order valence-electron chi connectivity index (χ0n) is 31.7. The molecule has 0 aliphatic rings. The molecule has 0 radical (unpaired) electrons. The van der Waals surface area contributed by atoms with E-state index in [1.165, 1.54) is 33.6 Å². The van der Waals surface area contributed by atoms with E-state index in [1.807, 2.05) is 19.9 Å². The molecule has 1 unspecified atom stereocenters. The number of anilines is 1. The first-order valence-electron chi connectivity index (χ1n) is 17.7. The van der Waals surface area contributed by atoms with Gasteiger partial charge in [-0.15, -0.1) is 0 Å². The Kier molecular flexibility index (Phi) is 14.4. The minimum atomic E-state index is -1.15. The minimum Gasteiger partial charge on any atom is -0.550 e. The van der Waals surface area contributed by atoms with Crippen molar-refractivity contribution in [3.63, 3.8) is 0 Å². The van der Waals surface area contributed by atoms with E-state index in [4.69, 9.17) is 4.99 Å². The molecule has 4 aromatic rings. The van der Waals surface area contributed by atoms with Crippen molar-refractivity contribution in [2.24, 2.45) is 4.99 Å². The molecular weight excluding hydrogens is 619 g/mol. The van der Waals surface area contributed by atoms with E-state index in [9.17, 15) is 14.7 Å². The molecule has 6 heteroatoms. The number of hydrogen-bond acceptors (Lipinski definition) is 3. The van der Waals surface area contributed by atoms with Gasteiger partial charge in [0.2, 0.25) is 0 Å². The number of aliphatic carboxylic acids is 1. The molecule has 4 rings (SSSR count). The van der Waals surface area contributed by atoms with Crippen molar-refractivity contribution < 1.29 is 19.7 Å². The molecule has 0 heterocycles. The number of carbonyl (C=O) groups is 2. The van der Waals surface area contributed by atoms with Crippen LogP contribution in [0.4, 0.5) is 11.4 Å². The summed E-state index contributed by atoms with van der Waals surface area (Å²) >= 11 is 0. The molecular formula is C44H55N3O3. The number of nitrogens with zero attached hydrogens (tertiary/aromatic N) is 1. The molecule has 0 aromatic heterocycles. The first-order valence-corrected chi connectivity index (χ1v) is 17.7. The van der Waals surface area contributed by atoms with Gasteiger partial charge in [-0.25, -0.2) is 10.3 Å². The Morgan fingerprint density at radius 1 is 0.620 bits per heavy atom. The lowest BCUT2D eigenvalue weighted by Gasteiger charge is -2.18. The first-order chi connectivity index (χ1) is 23.6. The average Bonchev–Trinajstić information content (AvgIpc) is 3.07. The van der Waals surface area contributed by atoms with Gasteiger partial charge in [0.15, 0.2) is 5.78 Å². The van der Waals surface area contributed by atoms with Crippen LogP contribution in [0.5, 0.6) is 0 Å². The van der Waals surface area contributed by atoms with E-state index in [0.717, 1.165) is 11.7 Å². The number of aliphatic imine (C=N–C) groups is 1. The van der Waals surface area contributed by atoms with Gasteiger partial charge in [0, 0.05) is 23.0 Å². The highest BCUT2D eigenvalue weighted by molar-refractivity contribution is 6.09. The Labute approximate surface area is 299 Å². The van der Waals surface area contributed by atoms with Crippen LogP contribution in [0.3, 0.4) is 0 Å². The number of carboxylic acid groups (broad SMARTS) is 1. The SMILES string of the molecule is CC(C(=O)[O-])c1cccc(C(=O)c2ccccc2)c1.CC(C)=NC(Nc1c(C(C)C)cccc1C(C)C)=[NH+]c1c(C(C)C)cccc1C(C)C. The van der Waals surface area contributed by atoms with Crippen molar-refractivity contribution in [1.29, 1.82) is 0 Å². The summed E-state index contributed by atoms with van der Waals surface area (Å²) in [6.45, 7) is 23.6. The average molecular weight is 674 g/mol. The van der Waals surface area contributed by atoms with Crippen LogP contribution in [0.2, 0.25) is 0 Å². The maximum Gasteiger partial charge on any atom is 0.394 e. The molecule has 6 nitrogen and oxygen atoms in total. The Balaban J connectivity index is 0.000000303. The van der Waals surface area contributed by atoms with Crippen LogP contribution in [-0.4, -0.2) is 23.4 Å². The highest BCUT2D eigenvalue weighted by atomic mass is 16.4. The largest absolute Gasteiger partial charge is 0.550 e. The smallest absolute Gasteiger partial charge is 0.394 e. The van der Waals surface area contributed by atoms with E-state index < -0.39 is 11.9 Å². The highest BCUT2D eigenvalue weighted by Gasteiger charge is 2.22. The number of carboxylic acids is 1. The Morgan fingerprint density at radius 2 is 1.08 bits per heavy atom. The first kappa shape index (κ1) is 39.6. The molecule has 0 spiro atoms. The third-order valence-electron chi connectivity index (χ3n) is 8.61. The van der Waals surface area contributed by atoms with Gasteiger partial charge < -0.3 is 9.90 Å². The second-order valence-electron chi connectivity index (χ2n) is 14.3. The van der Waals surface area contributed by atoms with Crippen molar-refractivity contribution >= 4 is 34.8 Å². The van der Waals surface area contributed by atoms with Gasteiger partial charge in [0.1, 0.15) is 11.4 Å². The molecule has 4 aromatic carbocycles. The fourth-order valence-electron chi connectivity index (χ4n) is 5.78. The number of rotatable bonds is 10. The molecule has 264 valence electrons. The summed E-state index contributed by atoms with van der Waals surface area (Å²) in [5, 5.41) is 14.6. The minimum absolute atomic E-state index is 0.118. The van der Waals surface area contributed by atoms with Crippen molar-refractivity contribution in [1.82, 2.24) is 0 Å². The molecule has 1 atom stereocenters. The van der Waals surface area contributed by atoms with Gasteiger partial charge in [0.05, 0.1) is 5.71 Å². The summed E-state index contributed by atoms with van der Waals surface area (Å²) in [5.41, 5.74) is 10.3. The van der Waals surface area contributed by atoms with E-state index in [1.54, 1.807) is 55.5 Å². The Bertz CT molecular complexity index is 1760. The van der Waals surface area contributed by atoms with Crippen LogP contribution >= 0.6 is 0 Å². The van der Waals surface area contributed by atoms with Crippen molar-refractivity contribution in [2.75, 3.05) is 5.32 Å². The van der Waals surface area contributed by atoms with Crippen LogP contribution in [0.25, 0.3) is 0 Å². The van der Waals surface area contributed by atoms with Gasteiger partial charge in [-0.05, 0) is 71.4 Å². The third kappa shape index (κ3) is 10.6. The van der Waals surface area contributed by atoms with Crippen LogP contribution in [-0.2, 0) is 4.79 Å². The maximum absolute atomic E-state index is 12.2. The van der Waals surface area contributed by atoms with Gasteiger partial charge >= 0.3 is 5.96 Å². The maximum atomic E-state index is 12.2. The molecule has 0 saturated carbocycles. The Hall–Kier alpha value is -4.84. The van der Waals surface area contributed by atoms with Crippen LogP contribution in [0.1, 0.15) is 149 Å². The van der Waals surface area contributed by atoms with Crippen molar-refractivity contribution in [3.05, 3.63) is 130 Å². The second-order valence-corrected chi connectivity index (χ2v) is 14.3. The van der Waals surface area contributed by atoms with E-state index >= 15 is 0 Å². The zero-order valence-corrected chi connectivity index (χ0v) is 31.7. The van der Waals surface area contributed by atoms with Crippen LogP contribution in [0.15, 0.2) is 96.0 Å². The number of hydrogen-bond donors (Lipinski definition) is 2. The van der Waals surface area contributed by atoms with E-state index in [0.29, 0.717) is 40.4 Å². The molecule has 0 amide bonds. The van der Waals surface area contributed by atoms with Crippen LogP contribution < -0.4 is 15.4 Å². The quantitative estimate of drug-likeness (QED) is 0.100. The van der Waals surface area contributed by atoms with Gasteiger partial charge in [-0.2, -0.15) is 0 Å². The number of benzene rings is 4. The van der Waals surface area contributed by atoms with E-state index in [2.05, 4.69) is 102 Å². The lowest BCUT2D eigenvalue weighted by atomic mass is 9.92. The van der Waals surface area contributed by atoms with Crippen molar-refractivity contribution in [3.8, 4) is 0 Å².